The Morgan fingerprint density at radius 3 is 2.39 bits per heavy atom. The normalized spacial score (nSPS) is 16.4. The van der Waals surface area contributed by atoms with Crippen molar-refractivity contribution in [1.82, 2.24) is 4.90 Å². The number of rotatable bonds is 7. The molecule has 1 heterocycles. The molecule has 6 nitrogen and oxygen atoms in total. The first kappa shape index (κ1) is 22.6. The van der Waals surface area contributed by atoms with Crippen LogP contribution < -0.4 is 4.74 Å². The summed E-state index contributed by atoms with van der Waals surface area (Å²) in [5, 5.41) is 0.612. The van der Waals surface area contributed by atoms with Gasteiger partial charge in [-0.05, 0) is 72.6 Å². The predicted octanol–water partition coefficient (Wildman–Crippen LogP) is 5.13. The first-order chi connectivity index (χ1) is 14.9. The molecule has 0 aliphatic carbocycles. The van der Waals surface area contributed by atoms with Gasteiger partial charge in [0.05, 0.1) is 29.9 Å². The van der Waals surface area contributed by atoms with Crippen LogP contribution in [-0.2, 0) is 9.53 Å². The summed E-state index contributed by atoms with van der Waals surface area (Å²) in [6, 6.07) is 14.5. The minimum absolute atomic E-state index is 0.0717. The summed E-state index contributed by atoms with van der Waals surface area (Å²) >= 11 is 1.34. The van der Waals surface area contributed by atoms with Gasteiger partial charge in [-0.25, -0.2) is 9.79 Å². The third kappa shape index (κ3) is 5.76. The summed E-state index contributed by atoms with van der Waals surface area (Å²) in [6.07, 6.45) is 1.87. The molecule has 0 unspecified atom stereocenters. The molecule has 162 valence electrons. The van der Waals surface area contributed by atoms with Crippen LogP contribution >= 0.6 is 11.8 Å². The maximum Gasteiger partial charge on any atom is 0.337 e. The van der Waals surface area contributed by atoms with Crippen molar-refractivity contribution in [2.45, 2.75) is 20.8 Å². The Kier molecular flexibility index (Phi) is 7.52. The number of methoxy groups -OCH3 is 1. The minimum Gasteiger partial charge on any atom is -0.493 e. The molecule has 1 amide bonds. The first-order valence-corrected chi connectivity index (χ1v) is 10.9. The second-order valence-electron chi connectivity index (χ2n) is 7.37. The van der Waals surface area contributed by atoms with E-state index in [1.165, 1.54) is 18.9 Å². The Balaban J connectivity index is 1.77. The van der Waals surface area contributed by atoms with Crippen molar-refractivity contribution < 1.29 is 19.1 Å². The molecule has 0 atom stereocenters. The van der Waals surface area contributed by atoms with Crippen molar-refractivity contribution in [1.29, 1.82) is 0 Å². The maximum absolute atomic E-state index is 12.8. The van der Waals surface area contributed by atoms with Crippen LogP contribution in [0, 0.1) is 5.92 Å². The topological polar surface area (TPSA) is 68.2 Å². The predicted molar refractivity (Wildman–Crippen MR) is 125 cm³/mol. The number of thioether (sulfide) groups is 1. The lowest BCUT2D eigenvalue weighted by molar-refractivity contribution is -0.122. The number of amides is 1. The molecule has 3 rings (SSSR count). The molecular weight excluding hydrogens is 412 g/mol. The molecule has 0 saturated carbocycles. The number of hydrogen-bond donors (Lipinski definition) is 0. The largest absolute Gasteiger partial charge is 0.493 e. The van der Waals surface area contributed by atoms with Gasteiger partial charge in [-0.15, -0.1) is 0 Å². The quantitative estimate of drug-likeness (QED) is 0.443. The standard InChI is InChI=1S/C24H26N2O4S/c1-5-26-22(27)21(14-17-6-12-20(13-7-17)30-15-16(2)3)31-24(26)25-19-10-8-18(9-11-19)23(28)29-4/h6-14,16H,5,15H2,1-4H3/b21-14+,25-24?. The van der Waals surface area contributed by atoms with Gasteiger partial charge in [0.2, 0.25) is 0 Å². The van der Waals surface area contributed by atoms with Crippen molar-refractivity contribution in [3.05, 3.63) is 64.6 Å². The molecule has 1 aliphatic heterocycles. The lowest BCUT2D eigenvalue weighted by Gasteiger charge is -2.12. The van der Waals surface area contributed by atoms with E-state index in [4.69, 9.17) is 9.47 Å². The van der Waals surface area contributed by atoms with Crippen LogP contribution in [0.5, 0.6) is 5.75 Å². The minimum atomic E-state index is -0.398. The van der Waals surface area contributed by atoms with Gasteiger partial charge in [-0.3, -0.25) is 9.69 Å². The van der Waals surface area contributed by atoms with E-state index in [-0.39, 0.29) is 5.91 Å². The molecule has 1 saturated heterocycles. The fourth-order valence-corrected chi connectivity index (χ4v) is 3.91. The summed E-state index contributed by atoms with van der Waals surface area (Å²) < 4.78 is 10.4. The summed E-state index contributed by atoms with van der Waals surface area (Å²) in [5.41, 5.74) is 2.04. The molecule has 0 aromatic heterocycles. The first-order valence-electron chi connectivity index (χ1n) is 10.1. The van der Waals surface area contributed by atoms with Gasteiger partial charge in [0.25, 0.3) is 5.91 Å². The second kappa shape index (κ2) is 10.3. The monoisotopic (exact) mass is 438 g/mol. The number of amidine groups is 1. The highest BCUT2D eigenvalue weighted by Crippen LogP contribution is 2.34. The second-order valence-corrected chi connectivity index (χ2v) is 8.38. The van der Waals surface area contributed by atoms with Crippen molar-refractivity contribution in [2.24, 2.45) is 10.9 Å². The molecule has 0 radical (unpaired) electrons. The van der Waals surface area contributed by atoms with Crippen LogP contribution in [-0.4, -0.2) is 42.2 Å². The summed E-state index contributed by atoms with van der Waals surface area (Å²) in [7, 11) is 1.34. The zero-order valence-electron chi connectivity index (χ0n) is 18.1. The third-order valence-electron chi connectivity index (χ3n) is 4.48. The van der Waals surface area contributed by atoms with Crippen LogP contribution in [0.4, 0.5) is 5.69 Å². The number of carbonyl (C=O) groups excluding carboxylic acids is 2. The van der Waals surface area contributed by atoms with Gasteiger partial charge in [0.15, 0.2) is 5.17 Å². The lowest BCUT2D eigenvalue weighted by atomic mass is 10.2. The average Bonchev–Trinajstić information content (AvgIpc) is 3.06. The number of likely N-dealkylation sites (N-methyl/N-ethyl adjacent to an activating group) is 1. The molecule has 2 aromatic rings. The average molecular weight is 439 g/mol. The number of carbonyl (C=O) groups is 2. The van der Waals surface area contributed by atoms with E-state index in [9.17, 15) is 9.59 Å². The van der Waals surface area contributed by atoms with Crippen LogP contribution in [0.3, 0.4) is 0 Å². The van der Waals surface area contributed by atoms with Crippen LogP contribution in [0.1, 0.15) is 36.7 Å². The number of benzene rings is 2. The van der Waals surface area contributed by atoms with Crippen molar-refractivity contribution in [3.8, 4) is 5.75 Å². The highest BCUT2D eigenvalue weighted by molar-refractivity contribution is 8.18. The number of nitrogens with zero attached hydrogens (tertiary/aromatic N) is 2. The fraction of sp³-hybridized carbons (Fsp3) is 0.292. The van der Waals surface area contributed by atoms with E-state index >= 15 is 0 Å². The number of aliphatic imine (C=N–C) groups is 1. The molecule has 0 bridgehead atoms. The molecule has 1 aliphatic rings. The van der Waals surface area contributed by atoms with Crippen LogP contribution in [0.25, 0.3) is 6.08 Å². The zero-order valence-corrected chi connectivity index (χ0v) is 18.9. The maximum atomic E-state index is 12.8. The fourth-order valence-electron chi connectivity index (χ4n) is 2.85. The Morgan fingerprint density at radius 1 is 1.13 bits per heavy atom. The lowest BCUT2D eigenvalue weighted by Crippen LogP contribution is -2.28. The third-order valence-corrected chi connectivity index (χ3v) is 5.49. The van der Waals surface area contributed by atoms with Crippen molar-refractivity contribution >= 4 is 40.6 Å². The van der Waals surface area contributed by atoms with Crippen LogP contribution in [0.2, 0.25) is 0 Å². The SMILES string of the molecule is CCN1C(=O)/C(=C\c2ccc(OCC(C)C)cc2)SC1=Nc1ccc(C(=O)OC)cc1. The molecular formula is C24H26N2O4S. The molecule has 7 heteroatoms. The smallest absolute Gasteiger partial charge is 0.337 e. The van der Waals surface area contributed by atoms with Gasteiger partial charge in [0.1, 0.15) is 5.75 Å². The van der Waals surface area contributed by atoms with E-state index in [1.54, 1.807) is 29.2 Å². The van der Waals surface area contributed by atoms with Gasteiger partial charge >= 0.3 is 5.97 Å². The highest BCUT2D eigenvalue weighted by Gasteiger charge is 2.32. The molecule has 0 spiro atoms. The Bertz CT molecular complexity index is 995. The zero-order chi connectivity index (χ0) is 22.4. The molecule has 2 aromatic carbocycles. The summed E-state index contributed by atoms with van der Waals surface area (Å²) in [6.45, 7) is 7.31. The highest BCUT2D eigenvalue weighted by atomic mass is 32.2. The summed E-state index contributed by atoms with van der Waals surface area (Å²) in [4.78, 5) is 31.3. The molecule has 1 fully saturated rings. The Hall–Kier alpha value is -3.06. The van der Waals surface area contributed by atoms with Gasteiger partial charge in [-0.1, -0.05) is 26.0 Å². The Labute approximate surface area is 187 Å². The van der Waals surface area contributed by atoms with E-state index in [1.807, 2.05) is 37.3 Å². The van der Waals surface area contributed by atoms with E-state index < -0.39 is 5.97 Å². The Morgan fingerprint density at radius 2 is 1.81 bits per heavy atom. The van der Waals surface area contributed by atoms with E-state index in [0.29, 0.717) is 40.4 Å². The van der Waals surface area contributed by atoms with Gasteiger partial charge in [0, 0.05) is 6.54 Å². The van der Waals surface area contributed by atoms with Gasteiger partial charge < -0.3 is 9.47 Å². The van der Waals surface area contributed by atoms with Crippen LogP contribution in [0.15, 0.2) is 58.4 Å². The van der Waals surface area contributed by atoms with Gasteiger partial charge in [-0.2, -0.15) is 0 Å². The molecule has 0 N–H and O–H groups in total. The summed E-state index contributed by atoms with van der Waals surface area (Å²) in [5.74, 6) is 0.806. The molecule has 31 heavy (non-hydrogen) atoms. The van der Waals surface area contributed by atoms with E-state index in [2.05, 4.69) is 18.8 Å². The number of hydrogen-bond acceptors (Lipinski definition) is 6. The van der Waals surface area contributed by atoms with Crippen molar-refractivity contribution in [3.63, 3.8) is 0 Å². The number of ether oxygens (including phenoxy) is 2. The van der Waals surface area contributed by atoms with Crippen molar-refractivity contribution in [2.75, 3.05) is 20.3 Å². The number of esters is 1. The van der Waals surface area contributed by atoms with E-state index in [0.717, 1.165) is 11.3 Å².